The molecule has 5 heterocycles. The van der Waals surface area contributed by atoms with E-state index in [0.717, 1.165) is 102 Å². The molecule has 1 unspecified atom stereocenters. The summed E-state index contributed by atoms with van der Waals surface area (Å²) >= 11 is 1.59. The minimum Gasteiger partial charge on any atom is -0.453 e. The summed E-state index contributed by atoms with van der Waals surface area (Å²) in [5, 5.41) is 6.88. The molecule has 3 amide bonds. The Morgan fingerprint density at radius 3 is 2.21 bits per heavy atom. The second-order valence-electron chi connectivity index (χ2n) is 16.1. The van der Waals surface area contributed by atoms with Crippen molar-refractivity contribution in [3.05, 3.63) is 131 Å². The van der Waals surface area contributed by atoms with Crippen LogP contribution < -0.4 is 5.32 Å². The van der Waals surface area contributed by atoms with E-state index < -0.39 is 6.09 Å². The zero-order valence-electron chi connectivity index (χ0n) is 35.3. The Morgan fingerprint density at radius 1 is 0.869 bits per heavy atom. The zero-order chi connectivity index (χ0) is 42.3. The largest absolute Gasteiger partial charge is 0.453 e. The van der Waals surface area contributed by atoms with Gasteiger partial charge >= 0.3 is 6.09 Å². The van der Waals surface area contributed by atoms with Crippen LogP contribution in [0.5, 0.6) is 0 Å². The van der Waals surface area contributed by atoms with Crippen molar-refractivity contribution in [2.45, 2.75) is 83.0 Å². The number of likely N-dealkylation sites (N-methyl/N-ethyl adjacent to an activating group) is 1. The number of imidazole rings is 1. The van der Waals surface area contributed by atoms with Gasteiger partial charge in [0, 0.05) is 43.9 Å². The van der Waals surface area contributed by atoms with Crippen molar-refractivity contribution in [1.29, 1.82) is 0 Å². The number of benzene rings is 3. The van der Waals surface area contributed by atoms with Gasteiger partial charge in [0.1, 0.15) is 11.9 Å². The molecule has 0 saturated carbocycles. The van der Waals surface area contributed by atoms with Crippen molar-refractivity contribution in [2.24, 2.45) is 4.99 Å². The summed E-state index contributed by atoms with van der Waals surface area (Å²) in [7, 11) is 1.33. The first kappa shape index (κ1) is 41.9. The SMILES string of the molecule is CCN(CC)C(C(=O)N1CCC[C@H]1C1=NC=C(c2ccc(-c3ccc(-c4cnc([C@@H]5CCCN5C(=O)C[C@@H](Cc5ccsc5)NC(=O)OC)[nH]4)cc3)cc2)C1)c1ccccc1. The number of thiophene rings is 1. The molecule has 3 aromatic carbocycles. The molecular weight excluding hydrogens is 783 g/mol. The van der Waals surface area contributed by atoms with Crippen molar-refractivity contribution >= 4 is 40.5 Å². The quantitative estimate of drug-likeness (QED) is 0.109. The van der Waals surface area contributed by atoms with Crippen molar-refractivity contribution in [3.8, 4) is 22.4 Å². The van der Waals surface area contributed by atoms with Crippen molar-refractivity contribution in [1.82, 2.24) is 30.0 Å². The molecule has 2 aromatic heterocycles. The Hall–Kier alpha value is -5.85. The number of H-pyrrole nitrogens is 1. The molecule has 4 atom stereocenters. The van der Waals surface area contributed by atoms with Crippen LogP contribution in [0.3, 0.4) is 0 Å². The third kappa shape index (κ3) is 9.40. The normalized spacial score (nSPS) is 18.6. The van der Waals surface area contributed by atoms with Gasteiger partial charge in [-0.1, -0.05) is 92.7 Å². The number of amides is 3. The van der Waals surface area contributed by atoms with E-state index in [2.05, 4.69) is 94.6 Å². The number of hydrogen-bond donors (Lipinski definition) is 2. The van der Waals surface area contributed by atoms with E-state index >= 15 is 0 Å². The maximum absolute atomic E-state index is 14.3. The first-order chi connectivity index (χ1) is 29.8. The lowest BCUT2D eigenvalue weighted by Gasteiger charge is -2.35. The summed E-state index contributed by atoms with van der Waals surface area (Å²) in [4.78, 5) is 59.4. The molecule has 0 radical (unpaired) electrons. The van der Waals surface area contributed by atoms with Crippen molar-refractivity contribution in [2.75, 3.05) is 33.3 Å². The summed E-state index contributed by atoms with van der Waals surface area (Å²) in [6, 6.07) is 28.5. The van der Waals surface area contributed by atoms with Gasteiger partial charge in [-0.15, -0.1) is 0 Å². The number of likely N-dealkylation sites (tertiary alicyclic amines) is 2. The number of rotatable bonds is 15. The lowest BCUT2D eigenvalue weighted by Crippen LogP contribution is -2.47. The van der Waals surface area contributed by atoms with Gasteiger partial charge in [0.15, 0.2) is 0 Å². The second-order valence-corrected chi connectivity index (χ2v) is 16.9. The van der Waals surface area contributed by atoms with E-state index in [1.165, 1.54) is 12.7 Å². The first-order valence-electron chi connectivity index (χ1n) is 21.6. The van der Waals surface area contributed by atoms with Gasteiger partial charge < -0.3 is 24.8 Å². The van der Waals surface area contributed by atoms with Gasteiger partial charge in [-0.25, -0.2) is 9.78 Å². The van der Waals surface area contributed by atoms with Gasteiger partial charge in [-0.3, -0.25) is 19.5 Å². The van der Waals surface area contributed by atoms with Gasteiger partial charge in [0.25, 0.3) is 0 Å². The third-order valence-electron chi connectivity index (χ3n) is 12.5. The average molecular weight is 838 g/mol. The summed E-state index contributed by atoms with van der Waals surface area (Å²) < 4.78 is 4.85. The molecule has 3 aliphatic heterocycles. The number of nitrogens with zero attached hydrogens (tertiary/aromatic N) is 5. The smallest absolute Gasteiger partial charge is 0.407 e. The lowest BCUT2D eigenvalue weighted by molar-refractivity contribution is -0.137. The van der Waals surface area contributed by atoms with Crippen LogP contribution in [0.2, 0.25) is 0 Å². The van der Waals surface area contributed by atoms with E-state index in [4.69, 9.17) is 14.7 Å². The summed E-state index contributed by atoms with van der Waals surface area (Å²) in [5.41, 5.74) is 9.66. The highest BCUT2D eigenvalue weighted by Crippen LogP contribution is 2.35. The molecule has 0 bridgehead atoms. The van der Waals surface area contributed by atoms with Crippen LogP contribution in [0.4, 0.5) is 4.79 Å². The van der Waals surface area contributed by atoms with Gasteiger partial charge in [0.2, 0.25) is 11.8 Å². The molecule has 8 rings (SSSR count). The van der Waals surface area contributed by atoms with E-state index in [1.54, 1.807) is 11.3 Å². The molecule has 2 N–H and O–H groups in total. The highest BCUT2D eigenvalue weighted by molar-refractivity contribution is 7.07. The fourth-order valence-corrected chi connectivity index (χ4v) is 9.92. The highest BCUT2D eigenvalue weighted by Gasteiger charge is 2.39. The zero-order valence-corrected chi connectivity index (χ0v) is 36.1. The third-order valence-corrected chi connectivity index (χ3v) is 13.2. The van der Waals surface area contributed by atoms with Crippen LogP contribution in [0.15, 0.2) is 113 Å². The van der Waals surface area contributed by atoms with Gasteiger partial charge in [-0.2, -0.15) is 11.3 Å². The number of alkyl carbamates (subject to hydrolysis) is 1. The number of carbonyl (C=O) groups excluding carboxylic acids is 3. The van der Waals surface area contributed by atoms with Crippen LogP contribution >= 0.6 is 11.3 Å². The Bertz CT molecular complexity index is 2340. The van der Waals surface area contributed by atoms with Crippen LogP contribution in [0.1, 0.15) is 87.0 Å². The Labute approximate surface area is 362 Å². The monoisotopic (exact) mass is 837 g/mol. The van der Waals surface area contributed by atoms with Crippen LogP contribution in [0.25, 0.3) is 28.0 Å². The molecule has 0 spiro atoms. The number of allylic oxidation sites excluding steroid dienone is 1. The first-order valence-corrected chi connectivity index (χ1v) is 22.5. The van der Waals surface area contributed by atoms with E-state index in [9.17, 15) is 14.4 Å². The van der Waals surface area contributed by atoms with E-state index in [0.29, 0.717) is 13.0 Å². The highest BCUT2D eigenvalue weighted by atomic mass is 32.1. The summed E-state index contributed by atoms with van der Waals surface area (Å²) in [5.74, 6) is 0.929. The Balaban J connectivity index is 0.880. The molecule has 0 aliphatic carbocycles. The van der Waals surface area contributed by atoms with Gasteiger partial charge in [-0.05, 0) is 101 Å². The molecule has 11 nitrogen and oxygen atoms in total. The number of methoxy groups -OCH3 is 1. The summed E-state index contributed by atoms with van der Waals surface area (Å²) in [6.45, 7) is 7.27. The van der Waals surface area contributed by atoms with Gasteiger partial charge in [0.05, 0.1) is 31.1 Å². The minimum absolute atomic E-state index is 0.0137. The second kappa shape index (κ2) is 19.2. The number of aromatic nitrogens is 2. The van der Waals surface area contributed by atoms with Crippen molar-refractivity contribution < 1.29 is 19.1 Å². The average Bonchev–Trinajstić information content (AvgIpc) is 4.16. The topological polar surface area (TPSA) is 123 Å². The molecule has 3 aliphatic rings. The van der Waals surface area contributed by atoms with Crippen molar-refractivity contribution in [3.63, 3.8) is 0 Å². The number of nitrogens with one attached hydrogen (secondary N) is 2. The number of aliphatic imine (C=N–C) groups is 1. The Kier molecular flexibility index (Phi) is 13.2. The maximum Gasteiger partial charge on any atom is 0.407 e. The predicted molar refractivity (Wildman–Crippen MR) is 242 cm³/mol. The molecule has 316 valence electrons. The standard InChI is InChI=1S/C49H55N7O4S/c1-4-54(5-2)46(38-11-7-6-8-12-38)48(58)56-25-9-13-43(56)41-28-39(30-50-41)36-17-15-34(16-18-36)35-19-21-37(22-20-35)42-31-51-47(53-42)44-14-10-24-55(44)45(57)29-40(52-49(59)60-3)27-33-23-26-61-32-33/h6-8,11-12,15-23,26,30-32,40,43-44,46H,4-5,9-10,13-14,24-25,27-29H2,1-3H3,(H,51,53)(H,52,59)/t40-,43+,44+,46?/m1/s1. The fraction of sp³-hybridized carbons (Fsp3) is 0.367. The fourth-order valence-electron chi connectivity index (χ4n) is 9.24. The van der Waals surface area contributed by atoms with Crippen LogP contribution in [-0.4, -0.2) is 93.7 Å². The van der Waals surface area contributed by atoms with Crippen LogP contribution in [-0.2, 0) is 20.7 Å². The number of hydrogen-bond acceptors (Lipinski definition) is 8. The lowest BCUT2D eigenvalue weighted by atomic mass is 9.96. The predicted octanol–water partition coefficient (Wildman–Crippen LogP) is 9.09. The minimum atomic E-state index is -0.540. The molecule has 2 fully saturated rings. The van der Waals surface area contributed by atoms with Crippen LogP contribution in [0, 0.1) is 0 Å². The maximum atomic E-state index is 14.3. The van der Waals surface area contributed by atoms with E-state index in [1.807, 2.05) is 52.3 Å². The van der Waals surface area contributed by atoms with E-state index in [-0.39, 0.29) is 42.4 Å². The molecular formula is C49H55N7O4S. The number of aromatic amines is 1. The molecule has 2 saturated heterocycles. The summed E-state index contributed by atoms with van der Waals surface area (Å²) in [6.07, 6.45) is 8.40. The Morgan fingerprint density at radius 2 is 1.54 bits per heavy atom. The molecule has 5 aromatic rings. The number of carbonyl (C=O) groups is 3. The molecule has 12 heteroatoms. The molecule has 61 heavy (non-hydrogen) atoms. The number of ether oxygens (including phenoxy) is 1.